The van der Waals surface area contributed by atoms with Crippen molar-refractivity contribution in [3.63, 3.8) is 0 Å². The van der Waals surface area contributed by atoms with Gasteiger partial charge in [-0.2, -0.15) is 0 Å². The van der Waals surface area contributed by atoms with Crippen molar-refractivity contribution in [3.8, 4) is 11.1 Å². The van der Waals surface area contributed by atoms with Gasteiger partial charge in [-0.15, -0.1) is 0 Å². The number of benzene rings is 5. The van der Waals surface area contributed by atoms with Crippen LogP contribution >= 0.6 is 11.6 Å². The molecule has 0 saturated carbocycles. The number of nitrogens with one attached hydrogen (secondary N) is 2. The van der Waals surface area contributed by atoms with E-state index in [2.05, 4.69) is 33.7 Å². The van der Waals surface area contributed by atoms with Crippen LogP contribution in [0.2, 0.25) is 5.02 Å². The molecule has 0 aliphatic carbocycles. The monoisotopic (exact) mass is 830 g/mol. The summed E-state index contributed by atoms with van der Waals surface area (Å²) in [5.74, 6) is -0.107. The van der Waals surface area contributed by atoms with Gasteiger partial charge in [0.15, 0.2) is 6.29 Å². The molecule has 11 heteroatoms. The van der Waals surface area contributed by atoms with Gasteiger partial charge in [-0.1, -0.05) is 115 Å². The van der Waals surface area contributed by atoms with Gasteiger partial charge in [0.25, 0.3) is 0 Å². The number of anilines is 2. The number of carbonyl (C=O) groups excluding carboxylic acids is 2. The number of para-hydroxylation sites is 2. The maximum Gasteiger partial charge on any atom is 0.224 e. The largest absolute Gasteiger partial charge is 0.397 e. The van der Waals surface area contributed by atoms with Gasteiger partial charge in [-0.05, 0) is 83.3 Å². The summed E-state index contributed by atoms with van der Waals surface area (Å²) in [6.45, 7) is 2.57. The second-order valence-corrected chi connectivity index (χ2v) is 16.4. The van der Waals surface area contributed by atoms with Crippen molar-refractivity contribution in [2.24, 2.45) is 0 Å². The topological polar surface area (TPSA) is 146 Å². The first-order valence-corrected chi connectivity index (χ1v) is 21.3. The summed E-state index contributed by atoms with van der Waals surface area (Å²) in [6.07, 6.45) is 3.92. The third kappa shape index (κ3) is 11.4. The van der Waals surface area contributed by atoms with Crippen LogP contribution in [-0.2, 0) is 37.8 Å². The Morgan fingerprint density at radius 3 is 2.17 bits per heavy atom. The van der Waals surface area contributed by atoms with Crippen LogP contribution < -0.4 is 16.4 Å². The van der Waals surface area contributed by atoms with Crippen molar-refractivity contribution in [1.82, 2.24) is 10.2 Å². The van der Waals surface area contributed by atoms with E-state index in [0.29, 0.717) is 74.4 Å². The van der Waals surface area contributed by atoms with E-state index in [4.69, 9.17) is 26.8 Å². The number of carbonyl (C=O) groups is 2. The summed E-state index contributed by atoms with van der Waals surface area (Å²) in [4.78, 5) is 27.5. The number of aliphatic hydroxyl groups excluding tert-OH is 1. The van der Waals surface area contributed by atoms with Gasteiger partial charge in [0.1, 0.15) is 0 Å². The fourth-order valence-electron chi connectivity index (χ4n) is 8.10. The molecule has 314 valence electrons. The number of ether oxygens (including phenoxy) is 2. The number of nitrogen functional groups attached to an aromatic ring is 1. The van der Waals surface area contributed by atoms with Crippen LogP contribution in [0.4, 0.5) is 11.4 Å². The summed E-state index contributed by atoms with van der Waals surface area (Å²) in [5, 5.41) is 27.7. The molecule has 2 heterocycles. The predicted molar refractivity (Wildman–Crippen MR) is 236 cm³/mol. The molecule has 0 bridgehead atoms. The highest BCUT2D eigenvalue weighted by Crippen LogP contribution is 2.40. The number of aliphatic hydroxyl groups is 2. The minimum Gasteiger partial charge on any atom is -0.397 e. The van der Waals surface area contributed by atoms with E-state index in [9.17, 15) is 19.8 Å². The zero-order valence-electron chi connectivity index (χ0n) is 33.9. The zero-order valence-corrected chi connectivity index (χ0v) is 34.7. The minimum atomic E-state index is -0.884. The Morgan fingerprint density at radius 1 is 0.783 bits per heavy atom. The Morgan fingerprint density at radius 2 is 1.45 bits per heavy atom. The van der Waals surface area contributed by atoms with Gasteiger partial charge in [-0.25, -0.2) is 0 Å². The lowest BCUT2D eigenvalue weighted by Crippen LogP contribution is -2.46. The number of unbranched alkanes of at least 4 members (excludes halogenated alkanes) is 2. The van der Waals surface area contributed by atoms with Crippen molar-refractivity contribution in [1.29, 1.82) is 0 Å². The third-order valence-electron chi connectivity index (χ3n) is 11.7. The minimum absolute atomic E-state index is 0.0189. The van der Waals surface area contributed by atoms with E-state index in [0.717, 1.165) is 58.5 Å². The summed E-state index contributed by atoms with van der Waals surface area (Å²) in [6, 6.07) is 38.9. The fourth-order valence-corrected chi connectivity index (χ4v) is 8.23. The van der Waals surface area contributed by atoms with Gasteiger partial charge in [0, 0.05) is 56.0 Å². The molecule has 0 aromatic heterocycles. The molecule has 7 rings (SSSR count). The average molecular weight is 831 g/mol. The number of likely N-dealkylation sites (tertiary alicyclic amines) is 1. The molecule has 5 aromatic carbocycles. The molecule has 0 spiro atoms. The normalized spacial score (nSPS) is 19.1. The molecule has 2 aliphatic rings. The SMILES string of the molecule is Nc1ccccc1NC(=O)CCCCCC(=O)NCc1ccccc1-c1ccc([C@@H]2O[C@H](CN3CCC(O)(c4ccc(Cl)cc4)CC3)C[C@H](c3ccc(CO)cc3)O2)cc1. The lowest BCUT2D eigenvalue weighted by atomic mass is 9.84. The number of amides is 2. The molecule has 3 atom stereocenters. The number of nitrogens with zero attached hydrogens (tertiary/aromatic N) is 1. The molecule has 2 amide bonds. The summed E-state index contributed by atoms with van der Waals surface area (Å²) >= 11 is 6.11. The van der Waals surface area contributed by atoms with Crippen LogP contribution in [0, 0.1) is 0 Å². The molecular weight excluding hydrogens is 776 g/mol. The van der Waals surface area contributed by atoms with Crippen LogP contribution in [0.1, 0.15) is 91.6 Å². The molecule has 2 saturated heterocycles. The van der Waals surface area contributed by atoms with Crippen molar-refractivity contribution < 1.29 is 29.3 Å². The molecule has 60 heavy (non-hydrogen) atoms. The van der Waals surface area contributed by atoms with Crippen molar-refractivity contribution >= 4 is 34.8 Å². The van der Waals surface area contributed by atoms with Crippen LogP contribution in [-0.4, -0.2) is 52.7 Å². The summed E-state index contributed by atoms with van der Waals surface area (Å²) in [5.41, 5.74) is 12.9. The quantitative estimate of drug-likeness (QED) is 0.0490. The first-order chi connectivity index (χ1) is 29.2. The predicted octanol–water partition coefficient (Wildman–Crippen LogP) is 8.82. The number of hydrogen-bond donors (Lipinski definition) is 5. The molecule has 6 N–H and O–H groups in total. The van der Waals surface area contributed by atoms with Crippen LogP contribution in [0.25, 0.3) is 11.1 Å². The Hall–Kier alpha value is -5.07. The van der Waals surface area contributed by atoms with E-state index in [1.54, 1.807) is 12.1 Å². The van der Waals surface area contributed by atoms with E-state index in [-0.39, 0.29) is 30.6 Å². The smallest absolute Gasteiger partial charge is 0.224 e. The Balaban J connectivity index is 0.939. The van der Waals surface area contributed by atoms with E-state index < -0.39 is 11.9 Å². The Kier molecular flexibility index (Phi) is 14.7. The first kappa shape index (κ1) is 43.0. The molecule has 10 nitrogen and oxygen atoms in total. The molecule has 2 aliphatic heterocycles. The van der Waals surface area contributed by atoms with Gasteiger partial charge < -0.3 is 41.0 Å². The molecule has 0 unspecified atom stereocenters. The molecule has 0 radical (unpaired) electrons. The number of nitrogens with two attached hydrogens (primary N) is 1. The lowest BCUT2D eigenvalue weighted by molar-refractivity contribution is -0.253. The maximum atomic E-state index is 12.8. The maximum absolute atomic E-state index is 12.8. The standard InChI is InChI=1S/C49H55ClN4O6/c50-40-24-22-39(23-25-40)49(58)26-28-54(29-27-49)32-41-30-45(36-16-14-34(33-55)15-17-36)60-48(59-41)37-20-18-35(19-21-37)42-9-5-4-8-38(42)31-52-46(56)12-2-1-3-13-47(57)53-44-11-7-6-10-43(44)51/h4-11,14-25,41,45,48,55,58H,1-3,12-13,26-33,51H2,(H,52,56)(H,53,57)/t41-,45+,48+/m0/s1. The van der Waals surface area contributed by atoms with E-state index >= 15 is 0 Å². The fraction of sp³-hybridized carbons (Fsp3) is 0.347. The highest BCUT2D eigenvalue weighted by molar-refractivity contribution is 6.30. The lowest BCUT2D eigenvalue weighted by Gasteiger charge is -2.42. The Bertz CT molecular complexity index is 2170. The summed E-state index contributed by atoms with van der Waals surface area (Å²) < 4.78 is 13.3. The van der Waals surface area contributed by atoms with E-state index in [1.807, 2.05) is 91.0 Å². The van der Waals surface area contributed by atoms with Crippen LogP contribution in [0.5, 0.6) is 0 Å². The first-order valence-electron chi connectivity index (χ1n) is 21.0. The number of halogens is 1. The van der Waals surface area contributed by atoms with Gasteiger partial charge >= 0.3 is 0 Å². The number of rotatable bonds is 16. The molecular formula is C49H55ClN4O6. The average Bonchev–Trinajstić information content (AvgIpc) is 3.27. The van der Waals surface area contributed by atoms with Crippen LogP contribution in [0.3, 0.4) is 0 Å². The van der Waals surface area contributed by atoms with Crippen LogP contribution in [0.15, 0.2) is 121 Å². The number of hydrogen-bond acceptors (Lipinski definition) is 8. The van der Waals surface area contributed by atoms with Gasteiger partial charge in [0.05, 0.1) is 35.8 Å². The number of piperidine rings is 1. The zero-order chi connectivity index (χ0) is 41.9. The third-order valence-corrected chi connectivity index (χ3v) is 11.9. The van der Waals surface area contributed by atoms with Crippen molar-refractivity contribution in [2.45, 2.75) is 88.6 Å². The second-order valence-electron chi connectivity index (χ2n) is 15.9. The van der Waals surface area contributed by atoms with Crippen molar-refractivity contribution in [2.75, 3.05) is 30.7 Å². The van der Waals surface area contributed by atoms with E-state index in [1.165, 1.54) is 0 Å². The summed E-state index contributed by atoms with van der Waals surface area (Å²) in [7, 11) is 0. The van der Waals surface area contributed by atoms with Crippen molar-refractivity contribution in [3.05, 3.63) is 154 Å². The Labute approximate surface area is 357 Å². The molecule has 5 aromatic rings. The van der Waals surface area contributed by atoms with Gasteiger partial charge in [0.2, 0.25) is 11.8 Å². The highest BCUT2D eigenvalue weighted by atomic mass is 35.5. The second kappa shape index (κ2) is 20.5. The molecule has 2 fully saturated rings. The highest BCUT2D eigenvalue weighted by Gasteiger charge is 2.37. The van der Waals surface area contributed by atoms with Gasteiger partial charge in [-0.3, -0.25) is 9.59 Å².